The maximum atomic E-state index is 13.0. The number of nitrogens with one attached hydrogen (secondary N) is 1. The molecule has 0 aliphatic heterocycles. The van der Waals surface area contributed by atoms with Crippen molar-refractivity contribution in [2.75, 3.05) is 13.7 Å². The molecular formula is C24H24N6O2S. The van der Waals surface area contributed by atoms with Gasteiger partial charge in [-0.25, -0.2) is 14.6 Å². The second kappa shape index (κ2) is 10.7. The molecule has 9 heteroatoms. The summed E-state index contributed by atoms with van der Waals surface area (Å²) >= 11 is 1.43. The van der Waals surface area contributed by atoms with Gasteiger partial charge in [-0.05, 0) is 43.2 Å². The van der Waals surface area contributed by atoms with E-state index in [0.717, 1.165) is 22.6 Å². The number of ether oxygens (including phenoxy) is 1. The normalized spacial score (nSPS) is 10.7. The van der Waals surface area contributed by atoms with E-state index in [9.17, 15) is 4.79 Å². The van der Waals surface area contributed by atoms with Gasteiger partial charge < -0.3 is 10.1 Å². The van der Waals surface area contributed by atoms with Crippen molar-refractivity contribution in [3.05, 3.63) is 89.5 Å². The molecule has 2 heterocycles. The summed E-state index contributed by atoms with van der Waals surface area (Å²) in [6, 6.07) is 17.5. The van der Waals surface area contributed by atoms with Gasteiger partial charge in [0.25, 0.3) is 5.91 Å². The first kappa shape index (κ1) is 22.5. The van der Waals surface area contributed by atoms with Gasteiger partial charge in [-0.1, -0.05) is 52.9 Å². The van der Waals surface area contributed by atoms with Crippen LogP contribution in [0.5, 0.6) is 5.75 Å². The zero-order valence-corrected chi connectivity index (χ0v) is 19.2. The van der Waals surface area contributed by atoms with Crippen LogP contribution in [-0.4, -0.2) is 44.5 Å². The topological polar surface area (TPSA) is 94.8 Å². The molecule has 0 aliphatic carbocycles. The van der Waals surface area contributed by atoms with Crippen molar-refractivity contribution in [2.24, 2.45) is 0 Å². The van der Waals surface area contributed by atoms with Crippen molar-refractivity contribution in [3.63, 3.8) is 0 Å². The number of benzene rings is 2. The quantitative estimate of drug-likeness (QED) is 0.301. The molecule has 0 fully saturated rings. The van der Waals surface area contributed by atoms with Crippen molar-refractivity contribution in [1.82, 2.24) is 30.3 Å². The molecule has 4 aromatic rings. The van der Waals surface area contributed by atoms with Crippen LogP contribution in [0.15, 0.2) is 72.1 Å². The van der Waals surface area contributed by atoms with Crippen LogP contribution in [0.3, 0.4) is 0 Å². The van der Waals surface area contributed by atoms with Crippen LogP contribution >= 0.6 is 11.8 Å². The molecule has 0 bridgehead atoms. The molecule has 168 valence electrons. The van der Waals surface area contributed by atoms with E-state index in [4.69, 9.17) is 4.74 Å². The molecule has 1 N–H and O–H groups in total. The Morgan fingerprint density at radius 2 is 1.82 bits per heavy atom. The van der Waals surface area contributed by atoms with Gasteiger partial charge in [-0.3, -0.25) is 4.79 Å². The highest BCUT2D eigenvalue weighted by molar-refractivity contribution is 7.98. The summed E-state index contributed by atoms with van der Waals surface area (Å²) in [6.45, 7) is 2.47. The Bertz CT molecular complexity index is 1210. The lowest BCUT2D eigenvalue weighted by Gasteiger charge is -2.10. The van der Waals surface area contributed by atoms with Gasteiger partial charge in [-0.2, -0.15) is 0 Å². The summed E-state index contributed by atoms with van der Waals surface area (Å²) in [6.07, 6.45) is 4.02. The number of carbonyl (C=O) groups excluding carboxylic acids is 1. The number of carbonyl (C=O) groups is 1. The first-order valence-corrected chi connectivity index (χ1v) is 11.5. The van der Waals surface area contributed by atoms with Crippen LogP contribution in [0.25, 0.3) is 5.69 Å². The summed E-state index contributed by atoms with van der Waals surface area (Å²) in [7, 11) is 1.64. The van der Waals surface area contributed by atoms with Crippen LogP contribution < -0.4 is 10.1 Å². The maximum absolute atomic E-state index is 13.0. The highest BCUT2D eigenvalue weighted by Gasteiger charge is 2.21. The highest BCUT2D eigenvalue weighted by Crippen LogP contribution is 2.23. The summed E-state index contributed by atoms with van der Waals surface area (Å²) < 4.78 is 7.09. The van der Waals surface area contributed by atoms with Gasteiger partial charge in [0.15, 0.2) is 10.9 Å². The van der Waals surface area contributed by atoms with E-state index in [0.29, 0.717) is 35.3 Å². The van der Waals surface area contributed by atoms with Crippen LogP contribution in [0.1, 0.15) is 27.3 Å². The average Bonchev–Trinajstić information content (AvgIpc) is 3.28. The average molecular weight is 461 g/mol. The number of para-hydroxylation sites is 1. The number of aryl methyl sites for hydroxylation is 1. The molecular weight excluding hydrogens is 436 g/mol. The molecule has 0 spiro atoms. The Balaban J connectivity index is 1.53. The SMILES string of the molecule is COc1ccccc1CCNC(=O)c1nnn(-c2ccc(C)cc2)c1CSc1ncccn1. The fourth-order valence-corrected chi connectivity index (χ4v) is 4.09. The third-order valence-corrected chi connectivity index (χ3v) is 5.90. The van der Waals surface area contributed by atoms with Gasteiger partial charge in [-0.15, -0.1) is 5.10 Å². The van der Waals surface area contributed by atoms with Crippen molar-refractivity contribution < 1.29 is 9.53 Å². The minimum atomic E-state index is -0.271. The lowest BCUT2D eigenvalue weighted by molar-refractivity contribution is 0.0948. The lowest BCUT2D eigenvalue weighted by atomic mass is 10.1. The Morgan fingerprint density at radius 3 is 2.58 bits per heavy atom. The summed E-state index contributed by atoms with van der Waals surface area (Å²) in [4.78, 5) is 21.5. The molecule has 0 unspecified atom stereocenters. The number of hydrogen-bond acceptors (Lipinski definition) is 7. The second-order valence-corrected chi connectivity index (χ2v) is 8.21. The Kier molecular flexibility index (Phi) is 7.31. The van der Waals surface area contributed by atoms with E-state index < -0.39 is 0 Å². The minimum Gasteiger partial charge on any atom is -0.496 e. The number of nitrogens with zero attached hydrogens (tertiary/aromatic N) is 5. The third-order valence-electron chi connectivity index (χ3n) is 5.01. The van der Waals surface area contributed by atoms with Gasteiger partial charge in [0.2, 0.25) is 0 Å². The zero-order chi connectivity index (χ0) is 23.0. The summed E-state index contributed by atoms with van der Waals surface area (Å²) in [5.41, 5.74) is 3.98. The highest BCUT2D eigenvalue weighted by atomic mass is 32.2. The predicted octanol–water partition coefficient (Wildman–Crippen LogP) is 3.64. The molecule has 2 aromatic carbocycles. The number of methoxy groups -OCH3 is 1. The first-order valence-electron chi connectivity index (χ1n) is 10.5. The van der Waals surface area contributed by atoms with Gasteiger partial charge in [0.1, 0.15) is 5.75 Å². The molecule has 0 saturated carbocycles. The molecule has 2 aromatic heterocycles. The zero-order valence-electron chi connectivity index (χ0n) is 18.4. The minimum absolute atomic E-state index is 0.271. The van der Waals surface area contributed by atoms with Gasteiger partial charge >= 0.3 is 0 Å². The number of thioether (sulfide) groups is 1. The van der Waals surface area contributed by atoms with E-state index in [1.165, 1.54) is 11.8 Å². The standard InChI is InChI=1S/C24H24N6O2S/c1-17-8-10-19(11-9-17)30-20(16-33-24-26-13-5-14-27-24)22(28-29-30)23(31)25-15-12-18-6-3-4-7-21(18)32-2/h3-11,13-14H,12,15-16H2,1-2H3,(H,25,31). The second-order valence-electron chi connectivity index (χ2n) is 7.27. The van der Waals surface area contributed by atoms with E-state index in [-0.39, 0.29) is 5.91 Å². The Labute approximate surface area is 196 Å². The monoisotopic (exact) mass is 460 g/mol. The molecule has 0 aliphatic rings. The number of rotatable bonds is 9. The molecule has 0 saturated heterocycles. The van der Waals surface area contributed by atoms with Crippen molar-refractivity contribution in [1.29, 1.82) is 0 Å². The number of amides is 1. The fraction of sp³-hybridized carbons (Fsp3) is 0.208. The lowest BCUT2D eigenvalue weighted by Crippen LogP contribution is -2.27. The molecule has 1 amide bonds. The summed E-state index contributed by atoms with van der Waals surface area (Å²) in [5, 5.41) is 12.1. The van der Waals surface area contributed by atoms with Crippen molar-refractivity contribution in [3.8, 4) is 11.4 Å². The van der Waals surface area contributed by atoms with Crippen LogP contribution in [0.4, 0.5) is 0 Å². The van der Waals surface area contributed by atoms with E-state index in [1.807, 2.05) is 55.5 Å². The number of hydrogen-bond donors (Lipinski definition) is 1. The largest absolute Gasteiger partial charge is 0.496 e. The smallest absolute Gasteiger partial charge is 0.273 e. The Morgan fingerprint density at radius 1 is 1.06 bits per heavy atom. The fourth-order valence-electron chi connectivity index (χ4n) is 3.30. The number of aromatic nitrogens is 5. The van der Waals surface area contributed by atoms with Gasteiger partial charge in [0, 0.05) is 24.7 Å². The van der Waals surface area contributed by atoms with E-state index in [2.05, 4.69) is 25.6 Å². The van der Waals surface area contributed by atoms with E-state index in [1.54, 1.807) is 30.3 Å². The maximum Gasteiger partial charge on any atom is 0.273 e. The first-order chi connectivity index (χ1) is 16.2. The molecule has 33 heavy (non-hydrogen) atoms. The van der Waals surface area contributed by atoms with Crippen molar-refractivity contribution >= 4 is 17.7 Å². The van der Waals surface area contributed by atoms with E-state index >= 15 is 0 Å². The molecule has 8 nitrogen and oxygen atoms in total. The third kappa shape index (κ3) is 5.56. The molecule has 0 atom stereocenters. The van der Waals surface area contributed by atoms with Crippen molar-refractivity contribution in [2.45, 2.75) is 24.3 Å². The molecule has 0 radical (unpaired) electrons. The summed E-state index contributed by atoms with van der Waals surface area (Å²) in [5.74, 6) is 0.977. The van der Waals surface area contributed by atoms with Crippen LogP contribution in [-0.2, 0) is 12.2 Å². The Hall–Kier alpha value is -3.72. The van der Waals surface area contributed by atoms with Crippen LogP contribution in [0, 0.1) is 6.92 Å². The van der Waals surface area contributed by atoms with Gasteiger partial charge in [0.05, 0.1) is 18.5 Å². The predicted molar refractivity (Wildman–Crippen MR) is 127 cm³/mol. The molecule has 4 rings (SSSR count). The van der Waals surface area contributed by atoms with Crippen LogP contribution in [0.2, 0.25) is 0 Å².